The molecule has 1 unspecified atom stereocenters. The number of hydrogen-bond donors (Lipinski definition) is 2. The van der Waals surface area contributed by atoms with Crippen LogP contribution in [-0.2, 0) is 14.3 Å². The number of likely N-dealkylation sites (tertiary alicyclic amines) is 1. The summed E-state index contributed by atoms with van der Waals surface area (Å²) in [5.74, 6) is -8.80. The van der Waals surface area contributed by atoms with E-state index >= 15 is 0 Å². The molecule has 0 radical (unpaired) electrons. The molecule has 2 aliphatic carbocycles. The van der Waals surface area contributed by atoms with Crippen LogP contribution in [0, 0.1) is 17.8 Å². The summed E-state index contributed by atoms with van der Waals surface area (Å²) in [6, 6.07) is 15.7. The molecule has 1 saturated heterocycles. The fourth-order valence-corrected chi connectivity index (χ4v) is 5.40. The van der Waals surface area contributed by atoms with E-state index in [-0.39, 0.29) is 25.6 Å². The maximum absolute atomic E-state index is 14.4. The van der Waals surface area contributed by atoms with Gasteiger partial charge < -0.3 is 20.1 Å². The van der Waals surface area contributed by atoms with Crippen molar-refractivity contribution in [1.29, 1.82) is 0 Å². The summed E-state index contributed by atoms with van der Waals surface area (Å²) in [5, 5.41) is 11.6. The lowest BCUT2D eigenvalue weighted by molar-refractivity contribution is -0.146. The van der Waals surface area contributed by atoms with E-state index in [1.807, 2.05) is 48.5 Å². The first-order valence-electron chi connectivity index (χ1n) is 11.8. The third-order valence-corrected chi connectivity index (χ3v) is 7.36. The Hall–Kier alpha value is -3.49. The van der Waals surface area contributed by atoms with Crippen LogP contribution in [0.1, 0.15) is 29.9 Å². The summed E-state index contributed by atoms with van der Waals surface area (Å²) in [6.45, 7) is -0.126. The third kappa shape index (κ3) is 4.24. The Morgan fingerprint density at radius 3 is 2.31 bits per heavy atom. The van der Waals surface area contributed by atoms with E-state index in [2.05, 4.69) is 5.32 Å². The van der Waals surface area contributed by atoms with Crippen molar-refractivity contribution in [2.24, 2.45) is 17.8 Å². The predicted octanol–water partition coefficient (Wildman–Crippen LogP) is 3.73. The molecule has 0 bridgehead atoms. The number of alkyl carbamates (subject to hydrolysis) is 1. The first-order valence-corrected chi connectivity index (χ1v) is 11.8. The molecule has 1 heterocycles. The highest BCUT2D eigenvalue weighted by Crippen LogP contribution is 2.56. The number of fused-ring (bicyclic) bond motifs is 3. The monoisotopic (exact) mass is 484 g/mol. The Balaban J connectivity index is 1.16. The highest BCUT2D eigenvalue weighted by atomic mass is 19.3. The summed E-state index contributed by atoms with van der Waals surface area (Å²) >= 11 is 0. The molecule has 0 aromatic heterocycles. The maximum atomic E-state index is 14.4. The van der Waals surface area contributed by atoms with Crippen molar-refractivity contribution in [2.45, 2.75) is 24.7 Å². The van der Waals surface area contributed by atoms with E-state index in [1.54, 1.807) is 0 Å². The summed E-state index contributed by atoms with van der Waals surface area (Å²) < 4.78 is 34.1. The van der Waals surface area contributed by atoms with Crippen molar-refractivity contribution >= 4 is 18.0 Å². The van der Waals surface area contributed by atoms with Crippen LogP contribution in [0.4, 0.5) is 13.6 Å². The first-order chi connectivity index (χ1) is 16.8. The van der Waals surface area contributed by atoms with E-state index < -0.39 is 48.2 Å². The smallest absolute Gasteiger partial charge is 0.407 e. The zero-order valence-electron chi connectivity index (χ0n) is 19.0. The SMILES string of the molecule is O=C(NC[C@H]1[C@@H](C(=O)N2CCCC(C(=O)O)C2)C1(F)F)OCC1c2ccccc2-c2ccccc21. The number of nitrogens with one attached hydrogen (secondary N) is 1. The van der Waals surface area contributed by atoms with Crippen molar-refractivity contribution in [2.75, 3.05) is 26.2 Å². The van der Waals surface area contributed by atoms with Gasteiger partial charge >= 0.3 is 12.1 Å². The molecule has 0 spiro atoms. The van der Waals surface area contributed by atoms with Crippen LogP contribution in [-0.4, -0.2) is 60.1 Å². The van der Waals surface area contributed by atoms with Crippen molar-refractivity contribution in [3.05, 3.63) is 59.7 Å². The lowest BCUT2D eigenvalue weighted by Gasteiger charge is -2.30. The number of carboxylic acids is 1. The van der Waals surface area contributed by atoms with Gasteiger partial charge in [-0.05, 0) is 35.1 Å². The zero-order chi connectivity index (χ0) is 24.7. The molecule has 3 atom stereocenters. The minimum atomic E-state index is -3.25. The molecule has 1 aliphatic heterocycles. The van der Waals surface area contributed by atoms with E-state index in [1.165, 1.54) is 4.90 Å². The van der Waals surface area contributed by atoms with E-state index in [0.717, 1.165) is 22.3 Å². The second kappa shape index (κ2) is 8.94. The van der Waals surface area contributed by atoms with Gasteiger partial charge in [-0.1, -0.05) is 48.5 Å². The molecule has 35 heavy (non-hydrogen) atoms. The molecule has 2 N–H and O–H groups in total. The molecule has 3 aliphatic rings. The molecule has 9 heteroatoms. The summed E-state index contributed by atoms with van der Waals surface area (Å²) in [7, 11) is 0. The van der Waals surface area contributed by atoms with Gasteiger partial charge in [-0.25, -0.2) is 13.6 Å². The van der Waals surface area contributed by atoms with Gasteiger partial charge in [0.05, 0.1) is 11.8 Å². The Bertz CT molecular complexity index is 1120. The number of carbonyl (C=O) groups is 3. The van der Waals surface area contributed by atoms with Crippen molar-refractivity contribution in [3.8, 4) is 11.1 Å². The average Bonchev–Trinajstić information content (AvgIpc) is 3.26. The number of nitrogens with zero attached hydrogens (tertiary/aromatic N) is 1. The number of aliphatic carboxylic acids is 1. The molecule has 7 nitrogen and oxygen atoms in total. The normalized spacial score (nSPS) is 24.3. The van der Waals surface area contributed by atoms with Gasteiger partial charge in [0, 0.05) is 25.6 Å². The summed E-state index contributed by atoms with van der Waals surface area (Å²) in [6.07, 6.45) is 0.0704. The van der Waals surface area contributed by atoms with Gasteiger partial charge in [0.25, 0.3) is 5.92 Å². The number of ether oxygens (including phenoxy) is 1. The second-order valence-corrected chi connectivity index (χ2v) is 9.43. The topological polar surface area (TPSA) is 95.9 Å². The second-order valence-electron chi connectivity index (χ2n) is 9.43. The molecular formula is C26H26F2N2O5. The minimum absolute atomic E-state index is 0.0622. The van der Waals surface area contributed by atoms with Gasteiger partial charge in [0.15, 0.2) is 0 Å². The number of amides is 2. The third-order valence-electron chi connectivity index (χ3n) is 7.36. The number of alkyl halides is 2. The van der Waals surface area contributed by atoms with Crippen molar-refractivity contribution in [3.63, 3.8) is 0 Å². The molecule has 2 amide bonds. The van der Waals surface area contributed by atoms with Gasteiger partial charge in [0.1, 0.15) is 12.5 Å². The number of carboxylic acid groups (broad SMARTS) is 1. The molecule has 2 fully saturated rings. The number of piperidine rings is 1. The molecule has 1 saturated carbocycles. The Morgan fingerprint density at radius 1 is 1.06 bits per heavy atom. The van der Waals surface area contributed by atoms with Gasteiger partial charge in [-0.3, -0.25) is 9.59 Å². The lowest BCUT2D eigenvalue weighted by Crippen LogP contribution is -2.43. The van der Waals surface area contributed by atoms with Gasteiger partial charge in [0.2, 0.25) is 5.91 Å². The number of benzene rings is 2. The fraction of sp³-hybridized carbons (Fsp3) is 0.423. The van der Waals surface area contributed by atoms with Crippen LogP contribution in [0.25, 0.3) is 11.1 Å². The standard InChI is InChI=1S/C26H26F2N2O5/c27-26(28)21(22(26)23(31)30-11-5-6-15(13-30)24(32)33)12-29-25(34)35-14-20-18-9-3-1-7-16(18)17-8-2-4-10-19(17)20/h1-4,7-10,15,20-22H,5-6,11-14H2,(H,29,34)(H,32,33)/t15?,21-,22-/m0/s1. The van der Waals surface area contributed by atoms with E-state index in [9.17, 15) is 28.3 Å². The lowest BCUT2D eigenvalue weighted by atomic mass is 9.98. The first kappa shape index (κ1) is 23.3. The Labute approximate surface area is 201 Å². The number of rotatable bonds is 6. The van der Waals surface area contributed by atoms with Crippen LogP contribution < -0.4 is 5.32 Å². The van der Waals surface area contributed by atoms with Crippen LogP contribution in [0.5, 0.6) is 0 Å². The molecule has 2 aromatic carbocycles. The number of halogens is 2. The van der Waals surface area contributed by atoms with Gasteiger partial charge in [-0.15, -0.1) is 0 Å². The zero-order valence-corrected chi connectivity index (χ0v) is 19.0. The summed E-state index contributed by atoms with van der Waals surface area (Å²) in [4.78, 5) is 37.4. The molecular weight excluding hydrogens is 458 g/mol. The Kier molecular flexibility index (Phi) is 5.94. The molecule has 184 valence electrons. The maximum Gasteiger partial charge on any atom is 0.407 e. The van der Waals surface area contributed by atoms with Crippen LogP contribution in [0.3, 0.4) is 0 Å². The van der Waals surface area contributed by atoms with Crippen LogP contribution in [0.2, 0.25) is 0 Å². The quantitative estimate of drug-likeness (QED) is 0.652. The minimum Gasteiger partial charge on any atom is -0.481 e. The largest absolute Gasteiger partial charge is 0.481 e. The van der Waals surface area contributed by atoms with E-state index in [4.69, 9.17) is 4.74 Å². The summed E-state index contributed by atoms with van der Waals surface area (Å²) in [5.41, 5.74) is 4.25. The Morgan fingerprint density at radius 2 is 1.69 bits per heavy atom. The van der Waals surface area contributed by atoms with Crippen LogP contribution >= 0.6 is 0 Å². The van der Waals surface area contributed by atoms with E-state index in [0.29, 0.717) is 12.8 Å². The number of hydrogen-bond acceptors (Lipinski definition) is 4. The molecule has 2 aromatic rings. The van der Waals surface area contributed by atoms with Crippen molar-refractivity contribution in [1.82, 2.24) is 10.2 Å². The molecule has 5 rings (SSSR count). The predicted molar refractivity (Wildman–Crippen MR) is 122 cm³/mol. The highest BCUT2D eigenvalue weighted by molar-refractivity contribution is 5.85. The highest BCUT2D eigenvalue weighted by Gasteiger charge is 2.72. The number of carbonyl (C=O) groups excluding carboxylic acids is 2. The average molecular weight is 484 g/mol. The van der Waals surface area contributed by atoms with Crippen molar-refractivity contribution < 1.29 is 33.0 Å². The van der Waals surface area contributed by atoms with Gasteiger partial charge in [-0.2, -0.15) is 0 Å². The fourth-order valence-electron chi connectivity index (χ4n) is 5.40. The van der Waals surface area contributed by atoms with Crippen LogP contribution in [0.15, 0.2) is 48.5 Å².